The lowest BCUT2D eigenvalue weighted by Gasteiger charge is -2.17. The quantitative estimate of drug-likeness (QED) is 0.428. The molecule has 0 fully saturated rings. The molecule has 1 aromatic rings. The molecule has 112 valence electrons. The molecular weight excluding hydrogens is 262 g/mol. The van der Waals surface area contributed by atoms with E-state index in [1.54, 1.807) is 6.92 Å². The summed E-state index contributed by atoms with van der Waals surface area (Å²) in [5.41, 5.74) is 1.75. The number of nitrogens with one attached hydrogen (secondary N) is 2. The van der Waals surface area contributed by atoms with Crippen LogP contribution in [0.25, 0.3) is 5.57 Å². The summed E-state index contributed by atoms with van der Waals surface area (Å²) in [6, 6.07) is 0. The highest BCUT2D eigenvalue weighted by Crippen LogP contribution is 2.11. The fraction of sp³-hybridized carbons (Fsp3) is 0.538. The molecule has 7 nitrogen and oxygen atoms in total. The second kappa shape index (κ2) is 7.91. The van der Waals surface area contributed by atoms with Gasteiger partial charge in [-0.05, 0) is 19.4 Å². The van der Waals surface area contributed by atoms with Gasteiger partial charge in [0, 0.05) is 18.7 Å². The van der Waals surface area contributed by atoms with Crippen molar-refractivity contribution in [3.63, 3.8) is 0 Å². The number of rotatable bonds is 7. The van der Waals surface area contributed by atoms with Crippen molar-refractivity contribution in [2.75, 3.05) is 19.7 Å². The van der Waals surface area contributed by atoms with E-state index in [1.165, 1.54) is 6.33 Å². The molecule has 0 spiro atoms. The molecule has 7 heteroatoms. The number of aliphatic hydroxyl groups is 3. The van der Waals surface area contributed by atoms with Gasteiger partial charge in [0.05, 0.1) is 24.7 Å². The van der Waals surface area contributed by atoms with Gasteiger partial charge in [-0.3, -0.25) is 4.79 Å². The number of aromatic nitrogens is 2. The summed E-state index contributed by atoms with van der Waals surface area (Å²) in [5, 5.41) is 30.4. The lowest BCUT2D eigenvalue weighted by atomic mass is 10.1. The van der Waals surface area contributed by atoms with Gasteiger partial charge in [-0.15, -0.1) is 0 Å². The summed E-state index contributed by atoms with van der Waals surface area (Å²) in [6.07, 6.45) is 0.956. The van der Waals surface area contributed by atoms with E-state index in [-0.39, 0.29) is 12.1 Å². The molecule has 0 aliphatic rings. The smallest absolute Gasteiger partial charge is 0.254 e. The van der Waals surface area contributed by atoms with E-state index in [4.69, 9.17) is 5.11 Å². The van der Waals surface area contributed by atoms with Gasteiger partial charge in [-0.25, -0.2) is 4.98 Å². The Morgan fingerprint density at radius 3 is 2.80 bits per heavy atom. The number of hydrogen-bond acceptors (Lipinski definition) is 6. The molecule has 5 N–H and O–H groups in total. The first-order chi connectivity index (χ1) is 9.51. The van der Waals surface area contributed by atoms with E-state index in [0.717, 1.165) is 5.57 Å². The summed E-state index contributed by atoms with van der Waals surface area (Å²) >= 11 is 0. The molecule has 0 amide bonds. The Morgan fingerprint density at radius 2 is 2.20 bits per heavy atom. The number of H-pyrrole nitrogens is 1. The SMILES string of the molecule is C/C=C(/CNCC(O)C(O)CO)c1nc[nH]c(=O)c1C. The van der Waals surface area contributed by atoms with Gasteiger partial charge in [0.15, 0.2) is 0 Å². The number of allylic oxidation sites excluding steroid dienone is 1. The highest BCUT2D eigenvalue weighted by molar-refractivity contribution is 5.65. The highest BCUT2D eigenvalue weighted by Gasteiger charge is 2.15. The lowest BCUT2D eigenvalue weighted by molar-refractivity contribution is -0.0123. The summed E-state index contributed by atoms with van der Waals surface area (Å²) in [6.45, 7) is 3.55. The Labute approximate surface area is 117 Å². The maximum atomic E-state index is 11.5. The first-order valence-electron chi connectivity index (χ1n) is 6.38. The molecule has 0 aliphatic carbocycles. The van der Waals surface area contributed by atoms with Crippen LogP contribution in [0.15, 0.2) is 17.2 Å². The van der Waals surface area contributed by atoms with E-state index in [2.05, 4.69) is 15.3 Å². The molecule has 1 heterocycles. The van der Waals surface area contributed by atoms with E-state index in [9.17, 15) is 15.0 Å². The fourth-order valence-corrected chi connectivity index (χ4v) is 1.73. The average molecular weight is 283 g/mol. The Bertz CT molecular complexity index is 513. The van der Waals surface area contributed by atoms with Crippen LogP contribution in [0, 0.1) is 6.92 Å². The maximum Gasteiger partial charge on any atom is 0.254 e. The molecule has 0 saturated heterocycles. The van der Waals surface area contributed by atoms with Crippen molar-refractivity contribution >= 4 is 5.57 Å². The van der Waals surface area contributed by atoms with Gasteiger partial charge in [0.1, 0.15) is 6.10 Å². The van der Waals surface area contributed by atoms with Crippen molar-refractivity contribution in [1.82, 2.24) is 15.3 Å². The van der Waals surface area contributed by atoms with Crippen LogP contribution in [0.4, 0.5) is 0 Å². The molecule has 0 saturated carbocycles. The zero-order chi connectivity index (χ0) is 15.1. The first-order valence-corrected chi connectivity index (χ1v) is 6.38. The number of hydrogen-bond donors (Lipinski definition) is 5. The van der Waals surface area contributed by atoms with E-state index in [1.807, 2.05) is 13.0 Å². The van der Waals surface area contributed by atoms with E-state index in [0.29, 0.717) is 17.8 Å². The zero-order valence-electron chi connectivity index (χ0n) is 11.6. The van der Waals surface area contributed by atoms with Crippen LogP contribution < -0.4 is 10.9 Å². The molecule has 1 rings (SSSR count). The fourth-order valence-electron chi connectivity index (χ4n) is 1.73. The molecule has 0 aliphatic heterocycles. The van der Waals surface area contributed by atoms with Crippen molar-refractivity contribution in [3.8, 4) is 0 Å². The number of nitrogens with zero attached hydrogens (tertiary/aromatic N) is 1. The molecule has 1 aromatic heterocycles. The van der Waals surface area contributed by atoms with Crippen molar-refractivity contribution in [2.45, 2.75) is 26.1 Å². The van der Waals surface area contributed by atoms with Crippen LogP contribution in [-0.2, 0) is 0 Å². The first kappa shape index (κ1) is 16.5. The molecule has 0 bridgehead atoms. The predicted octanol–water partition coefficient (Wildman–Crippen LogP) is -1.21. The van der Waals surface area contributed by atoms with Crippen LogP contribution >= 0.6 is 0 Å². The summed E-state index contributed by atoms with van der Waals surface area (Å²) < 4.78 is 0. The molecule has 0 aromatic carbocycles. The van der Waals surface area contributed by atoms with Crippen LogP contribution in [0.3, 0.4) is 0 Å². The third kappa shape index (κ3) is 4.24. The Kier molecular flexibility index (Phi) is 6.53. The topological polar surface area (TPSA) is 118 Å². The monoisotopic (exact) mass is 283 g/mol. The number of aromatic amines is 1. The zero-order valence-corrected chi connectivity index (χ0v) is 11.6. The minimum Gasteiger partial charge on any atom is -0.394 e. The minimum atomic E-state index is -1.17. The van der Waals surface area contributed by atoms with Gasteiger partial charge in [-0.1, -0.05) is 6.08 Å². The Hall–Kier alpha value is -1.54. The second-order valence-corrected chi connectivity index (χ2v) is 4.47. The normalized spacial score (nSPS) is 15.2. The Morgan fingerprint density at radius 1 is 1.50 bits per heavy atom. The molecular formula is C13H21N3O4. The summed E-state index contributed by atoms with van der Waals surface area (Å²) in [5.74, 6) is 0. The molecule has 20 heavy (non-hydrogen) atoms. The predicted molar refractivity (Wildman–Crippen MR) is 75.2 cm³/mol. The van der Waals surface area contributed by atoms with Crippen LogP contribution in [0.1, 0.15) is 18.2 Å². The summed E-state index contributed by atoms with van der Waals surface area (Å²) in [7, 11) is 0. The third-order valence-electron chi connectivity index (χ3n) is 3.04. The van der Waals surface area contributed by atoms with Crippen molar-refractivity contribution in [1.29, 1.82) is 0 Å². The van der Waals surface area contributed by atoms with Crippen molar-refractivity contribution < 1.29 is 15.3 Å². The van der Waals surface area contributed by atoms with Crippen LogP contribution in [0.5, 0.6) is 0 Å². The molecule has 2 atom stereocenters. The molecule has 2 unspecified atom stereocenters. The summed E-state index contributed by atoms with van der Waals surface area (Å²) in [4.78, 5) is 18.2. The minimum absolute atomic E-state index is 0.126. The van der Waals surface area contributed by atoms with E-state index < -0.39 is 18.8 Å². The molecule has 0 radical (unpaired) electrons. The standard InChI is InChI=1S/C13H21N3O4/c1-3-9(4-14-5-10(18)11(19)6-17)12-8(2)13(20)16-7-15-12/h3,7,10-11,14,17-19H,4-6H2,1-2H3,(H,15,16,20)/b9-3-. The van der Waals surface area contributed by atoms with Gasteiger partial charge in [-0.2, -0.15) is 0 Å². The van der Waals surface area contributed by atoms with Crippen molar-refractivity contribution in [2.24, 2.45) is 0 Å². The average Bonchev–Trinajstić information content (AvgIpc) is 2.46. The van der Waals surface area contributed by atoms with Gasteiger partial charge >= 0.3 is 0 Å². The third-order valence-corrected chi connectivity index (χ3v) is 3.04. The lowest BCUT2D eigenvalue weighted by Crippen LogP contribution is -2.38. The largest absolute Gasteiger partial charge is 0.394 e. The highest BCUT2D eigenvalue weighted by atomic mass is 16.4. The van der Waals surface area contributed by atoms with Crippen LogP contribution in [-0.4, -0.2) is 57.2 Å². The maximum absolute atomic E-state index is 11.5. The van der Waals surface area contributed by atoms with Gasteiger partial charge in [0.25, 0.3) is 5.56 Å². The van der Waals surface area contributed by atoms with Crippen LogP contribution in [0.2, 0.25) is 0 Å². The Balaban J connectivity index is 2.66. The van der Waals surface area contributed by atoms with Gasteiger partial charge in [0.2, 0.25) is 0 Å². The van der Waals surface area contributed by atoms with Crippen molar-refractivity contribution in [3.05, 3.63) is 34.0 Å². The van der Waals surface area contributed by atoms with Gasteiger partial charge < -0.3 is 25.6 Å². The second-order valence-electron chi connectivity index (χ2n) is 4.47. The number of aliphatic hydroxyl groups excluding tert-OH is 3. The van der Waals surface area contributed by atoms with E-state index >= 15 is 0 Å².